The van der Waals surface area contributed by atoms with E-state index in [9.17, 15) is 18.5 Å². The number of nitro groups is 1. The number of pyridine rings is 1. The number of anilines is 1. The quantitative estimate of drug-likeness (QED) is 0.647. The number of hydrogen-bond donors (Lipinski definition) is 1. The molecule has 1 aliphatic heterocycles. The van der Waals surface area contributed by atoms with Gasteiger partial charge >= 0.3 is 5.82 Å². The van der Waals surface area contributed by atoms with Crippen molar-refractivity contribution in [2.45, 2.75) is 18.1 Å². The molecular formula is C10H13N3O4S. The maximum absolute atomic E-state index is 11.6. The minimum Gasteiger partial charge on any atom is -0.381 e. The van der Waals surface area contributed by atoms with Crippen LogP contribution in [-0.2, 0) is 9.84 Å². The molecule has 0 spiro atoms. The van der Waals surface area contributed by atoms with E-state index in [0.29, 0.717) is 25.1 Å². The number of hydrogen-bond acceptors (Lipinski definition) is 6. The lowest BCUT2D eigenvalue weighted by Gasteiger charge is -2.10. The van der Waals surface area contributed by atoms with Crippen LogP contribution in [0.3, 0.4) is 0 Å². The molecule has 0 radical (unpaired) electrons. The van der Waals surface area contributed by atoms with E-state index < -0.39 is 14.8 Å². The van der Waals surface area contributed by atoms with Crippen LogP contribution in [0.4, 0.5) is 11.5 Å². The first-order chi connectivity index (χ1) is 8.49. The Balaban J connectivity index is 1.96. The molecule has 1 N–H and O–H groups in total. The second kappa shape index (κ2) is 4.89. The van der Waals surface area contributed by atoms with Gasteiger partial charge in [0.05, 0.1) is 16.7 Å². The Morgan fingerprint density at radius 1 is 1.50 bits per heavy atom. The standard InChI is InChI=1S/C10H13N3O4S/c14-13(15)10-4-3-8(6-12-10)11-7-9-2-1-5-18(9,16)17/h3-4,6,9,11H,1-2,5,7H2. The number of rotatable bonds is 4. The molecular weight excluding hydrogens is 258 g/mol. The Labute approximate surface area is 104 Å². The largest absolute Gasteiger partial charge is 0.381 e. The van der Waals surface area contributed by atoms with Gasteiger partial charge in [0, 0.05) is 12.6 Å². The zero-order chi connectivity index (χ0) is 13.2. The Morgan fingerprint density at radius 2 is 2.28 bits per heavy atom. The van der Waals surface area contributed by atoms with Gasteiger partial charge in [-0.1, -0.05) is 0 Å². The number of nitrogens with one attached hydrogen (secondary N) is 1. The van der Waals surface area contributed by atoms with Crippen molar-refractivity contribution in [3.05, 3.63) is 28.4 Å². The van der Waals surface area contributed by atoms with E-state index >= 15 is 0 Å². The molecule has 8 heteroatoms. The number of nitrogens with zero attached hydrogens (tertiary/aromatic N) is 2. The Bertz CT molecular complexity index is 541. The summed E-state index contributed by atoms with van der Waals surface area (Å²) in [4.78, 5) is 13.5. The van der Waals surface area contributed by atoms with Crippen molar-refractivity contribution in [2.75, 3.05) is 17.6 Å². The molecule has 1 atom stereocenters. The highest BCUT2D eigenvalue weighted by atomic mass is 32.2. The van der Waals surface area contributed by atoms with Crippen LogP contribution in [0.1, 0.15) is 12.8 Å². The molecule has 0 aromatic carbocycles. The fraction of sp³-hybridized carbons (Fsp3) is 0.500. The summed E-state index contributed by atoms with van der Waals surface area (Å²) in [6.07, 6.45) is 2.70. The third kappa shape index (κ3) is 2.76. The van der Waals surface area contributed by atoms with Crippen molar-refractivity contribution in [1.82, 2.24) is 4.98 Å². The van der Waals surface area contributed by atoms with Crippen LogP contribution in [0, 0.1) is 10.1 Å². The fourth-order valence-corrected chi connectivity index (χ4v) is 3.68. The van der Waals surface area contributed by atoms with Crippen LogP contribution in [0.2, 0.25) is 0 Å². The number of aromatic nitrogens is 1. The van der Waals surface area contributed by atoms with Gasteiger partial charge in [0.2, 0.25) is 0 Å². The van der Waals surface area contributed by atoms with Gasteiger partial charge in [0.15, 0.2) is 16.0 Å². The highest BCUT2D eigenvalue weighted by Crippen LogP contribution is 2.20. The summed E-state index contributed by atoms with van der Waals surface area (Å²) in [5, 5.41) is 13.0. The van der Waals surface area contributed by atoms with Gasteiger partial charge < -0.3 is 15.4 Å². The molecule has 1 fully saturated rings. The Morgan fingerprint density at radius 3 is 2.78 bits per heavy atom. The lowest BCUT2D eigenvalue weighted by atomic mass is 10.2. The third-order valence-electron chi connectivity index (χ3n) is 2.93. The van der Waals surface area contributed by atoms with E-state index in [1.165, 1.54) is 18.3 Å². The summed E-state index contributed by atoms with van der Waals surface area (Å²) >= 11 is 0. The smallest absolute Gasteiger partial charge is 0.363 e. The second-order valence-corrected chi connectivity index (χ2v) is 6.57. The van der Waals surface area contributed by atoms with Crippen LogP contribution in [0.25, 0.3) is 0 Å². The summed E-state index contributed by atoms with van der Waals surface area (Å²) < 4.78 is 23.2. The van der Waals surface area contributed by atoms with Crippen LogP contribution >= 0.6 is 0 Å². The van der Waals surface area contributed by atoms with Crippen molar-refractivity contribution >= 4 is 21.3 Å². The van der Waals surface area contributed by atoms with Crippen LogP contribution < -0.4 is 5.32 Å². The molecule has 0 aliphatic carbocycles. The predicted molar refractivity (Wildman–Crippen MR) is 66.2 cm³/mol. The van der Waals surface area contributed by atoms with Crippen LogP contribution in [0.15, 0.2) is 18.3 Å². The lowest BCUT2D eigenvalue weighted by Crippen LogP contribution is -2.25. The molecule has 98 valence electrons. The van der Waals surface area contributed by atoms with Gasteiger partial charge in [-0.3, -0.25) is 0 Å². The lowest BCUT2D eigenvalue weighted by molar-refractivity contribution is -0.389. The van der Waals surface area contributed by atoms with E-state index in [0.717, 1.165) is 0 Å². The first-order valence-electron chi connectivity index (χ1n) is 5.55. The average molecular weight is 271 g/mol. The van der Waals surface area contributed by atoms with Crippen molar-refractivity contribution in [1.29, 1.82) is 0 Å². The molecule has 1 aromatic rings. The topological polar surface area (TPSA) is 102 Å². The Hall–Kier alpha value is -1.70. The number of sulfone groups is 1. The SMILES string of the molecule is O=[N+]([O-])c1ccc(NCC2CCCS2(=O)=O)cn1. The third-order valence-corrected chi connectivity index (χ3v) is 5.21. The normalized spacial score (nSPS) is 21.7. The molecule has 7 nitrogen and oxygen atoms in total. The molecule has 2 heterocycles. The van der Waals surface area contributed by atoms with Gasteiger partial charge in [0.25, 0.3) is 0 Å². The highest BCUT2D eigenvalue weighted by Gasteiger charge is 2.30. The zero-order valence-corrected chi connectivity index (χ0v) is 10.4. The van der Waals surface area contributed by atoms with Gasteiger partial charge in [-0.05, 0) is 28.8 Å². The first-order valence-corrected chi connectivity index (χ1v) is 7.26. The van der Waals surface area contributed by atoms with E-state index in [-0.39, 0.29) is 16.8 Å². The monoisotopic (exact) mass is 271 g/mol. The molecule has 0 bridgehead atoms. The zero-order valence-electron chi connectivity index (χ0n) is 9.57. The second-order valence-electron chi connectivity index (χ2n) is 4.17. The Kier molecular flexibility index (Phi) is 3.46. The van der Waals surface area contributed by atoms with Crippen LogP contribution in [-0.4, -0.2) is 35.9 Å². The highest BCUT2D eigenvalue weighted by molar-refractivity contribution is 7.92. The van der Waals surface area contributed by atoms with E-state index in [1.54, 1.807) is 0 Å². The molecule has 0 amide bonds. The van der Waals surface area contributed by atoms with Crippen molar-refractivity contribution in [3.63, 3.8) is 0 Å². The van der Waals surface area contributed by atoms with Crippen LogP contribution in [0.5, 0.6) is 0 Å². The summed E-state index contributed by atoms with van der Waals surface area (Å²) in [6, 6.07) is 2.80. The molecule has 18 heavy (non-hydrogen) atoms. The summed E-state index contributed by atoms with van der Waals surface area (Å²) in [5.74, 6) is 0.0201. The molecule has 0 saturated carbocycles. The van der Waals surface area contributed by atoms with Gasteiger partial charge in [0.1, 0.15) is 0 Å². The fourth-order valence-electron chi connectivity index (χ4n) is 1.92. The molecule has 1 aliphatic rings. The van der Waals surface area contributed by atoms with E-state index in [1.807, 2.05) is 0 Å². The van der Waals surface area contributed by atoms with Crippen molar-refractivity contribution < 1.29 is 13.3 Å². The van der Waals surface area contributed by atoms with E-state index in [4.69, 9.17) is 0 Å². The minimum atomic E-state index is -2.97. The molecule has 2 rings (SSSR count). The predicted octanol–water partition coefficient (Wildman–Crippen LogP) is 0.979. The summed E-state index contributed by atoms with van der Waals surface area (Å²) in [7, 11) is -2.97. The summed E-state index contributed by atoms with van der Waals surface area (Å²) in [6.45, 7) is 0.321. The summed E-state index contributed by atoms with van der Waals surface area (Å²) in [5.41, 5.74) is 0.586. The average Bonchev–Trinajstić information content (AvgIpc) is 2.66. The maximum Gasteiger partial charge on any atom is 0.363 e. The minimum absolute atomic E-state index is 0.228. The van der Waals surface area contributed by atoms with Crippen molar-refractivity contribution in [3.8, 4) is 0 Å². The van der Waals surface area contributed by atoms with Gasteiger partial charge in [-0.15, -0.1) is 0 Å². The van der Waals surface area contributed by atoms with Gasteiger partial charge in [-0.25, -0.2) is 8.42 Å². The van der Waals surface area contributed by atoms with Crippen molar-refractivity contribution in [2.24, 2.45) is 0 Å². The molecule has 1 aromatic heterocycles. The van der Waals surface area contributed by atoms with Gasteiger partial charge in [-0.2, -0.15) is 0 Å². The van der Waals surface area contributed by atoms with E-state index in [2.05, 4.69) is 10.3 Å². The molecule has 1 saturated heterocycles. The first kappa shape index (κ1) is 12.7. The molecule has 1 unspecified atom stereocenters. The maximum atomic E-state index is 11.6.